The summed E-state index contributed by atoms with van der Waals surface area (Å²) in [6.45, 7) is 24.0. The maximum atomic E-state index is 3.30. The van der Waals surface area contributed by atoms with Crippen LogP contribution in [0.2, 0.25) is 0 Å². The van der Waals surface area contributed by atoms with Crippen LogP contribution >= 0.6 is 49.6 Å². The maximum Gasteiger partial charge on any atom is -0.0253 e. The van der Waals surface area contributed by atoms with E-state index in [1.165, 1.54) is 62.1 Å². The molecular formula is C51H62Cl4Zr2. The zero-order valence-electron chi connectivity index (χ0n) is 35.7. The number of hydrogen-bond donors (Lipinski definition) is 0. The quantitative estimate of drug-likeness (QED) is 0.133. The summed E-state index contributed by atoms with van der Waals surface area (Å²) < 4.78 is 3.01. The van der Waals surface area contributed by atoms with Crippen LogP contribution in [0.5, 0.6) is 0 Å². The molecule has 1 atom stereocenters. The van der Waals surface area contributed by atoms with Gasteiger partial charge in [0.2, 0.25) is 0 Å². The van der Waals surface area contributed by atoms with Gasteiger partial charge >= 0.3 is 82.6 Å². The molecule has 4 aliphatic rings. The van der Waals surface area contributed by atoms with E-state index < -0.39 is 0 Å². The normalized spacial score (nSPS) is 13.9. The van der Waals surface area contributed by atoms with Gasteiger partial charge in [0, 0.05) is 0 Å². The molecule has 302 valence electrons. The van der Waals surface area contributed by atoms with Gasteiger partial charge in [-0.1, -0.05) is 136 Å². The first-order valence-electron chi connectivity index (χ1n) is 18.8. The standard InChI is InChI=1S/2C13H9.C10H15.C9H13.2C3H6.4ClH.2Zr/c2*1-3-7-12-10(5-1)9-11-6-2-4-8-13(11)12;1-8-5-6-9(7-8)10(2,3)4;1-9(2,3)8-6-4-5-7-8;2*1-3-2;;;;;;/h2*1-5,7-8H,9H2;6-8H,1-4H3;6-7H,4H2,1-3H3;2*1-2H3;4*1H;;/q4*-1;;;;;;;2*+2. The largest absolute Gasteiger partial charge is 0.179 e. The summed E-state index contributed by atoms with van der Waals surface area (Å²) >= 11 is 3.11. The third-order valence-corrected chi connectivity index (χ3v) is 8.59. The van der Waals surface area contributed by atoms with E-state index in [0.717, 1.165) is 19.3 Å². The Hall–Kier alpha value is -1.49. The summed E-state index contributed by atoms with van der Waals surface area (Å²) in [5.74, 6) is 0.522. The van der Waals surface area contributed by atoms with Gasteiger partial charge < -0.3 is 0 Å². The van der Waals surface area contributed by atoms with Gasteiger partial charge in [0.05, 0.1) is 0 Å². The Kier molecular flexibility index (Phi) is 28.4. The van der Waals surface area contributed by atoms with E-state index in [1.807, 2.05) is 12.1 Å². The van der Waals surface area contributed by atoms with Crippen molar-refractivity contribution in [1.29, 1.82) is 0 Å². The summed E-state index contributed by atoms with van der Waals surface area (Å²) in [6, 6.07) is 36.2. The Labute approximate surface area is 401 Å². The smallest absolute Gasteiger partial charge is 0.0253 e. The van der Waals surface area contributed by atoms with Crippen molar-refractivity contribution in [2.24, 2.45) is 16.7 Å². The number of rotatable bonds is 0. The van der Waals surface area contributed by atoms with Gasteiger partial charge in [-0.25, -0.2) is 12.2 Å². The summed E-state index contributed by atoms with van der Waals surface area (Å²) in [4.78, 5) is 0. The molecule has 0 aromatic heterocycles. The summed E-state index contributed by atoms with van der Waals surface area (Å²) in [5, 5.41) is 0. The monoisotopic (exact) mass is 994 g/mol. The van der Waals surface area contributed by atoms with Crippen molar-refractivity contribution in [2.75, 3.05) is 0 Å². The Balaban J connectivity index is 0. The molecule has 1 unspecified atom stereocenters. The molecule has 0 spiro atoms. The third kappa shape index (κ3) is 20.1. The van der Waals surface area contributed by atoms with Crippen LogP contribution < -0.4 is 0 Å². The molecule has 4 aromatic carbocycles. The fourth-order valence-electron chi connectivity index (χ4n) is 5.97. The van der Waals surface area contributed by atoms with Gasteiger partial charge in [-0.3, -0.25) is 12.2 Å². The molecule has 0 bridgehead atoms. The zero-order valence-corrected chi connectivity index (χ0v) is 43.9. The van der Waals surface area contributed by atoms with Crippen LogP contribution in [0.25, 0.3) is 22.3 Å². The van der Waals surface area contributed by atoms with Crippen molar-refractivity contribution in [3.8, 4) is 22.3 Å². The number of halogens is 4. The molecule has 8 rings (SSSR count). The van der Waals surface area contributed by atoms with Gasteiger partial charge in [0.25, 0.3) is 0 Å². The molecule has 0 heterocycles. The van der Waals surface area contributed by atoms with Crippen LogP contribution in [0.1, 0.15) is 105 Å². The van der Waals surface area contributed by atoms with Gasteiger partial charge in [0.1, 0.15) is 0 Å². The van der Waals surface area contributed by atoms with Crippen LogP contribution in [0, 0.1) is 41.0 Å². The maximum absolute atomic E-state index is 3.30. The second-order valence-electron chi connectivity index (χ2n) is 16.2. The van der Waals surface area contributed by atoms with Crippen molar-refractivity contribution < 1.29 is 48.5 Å². The number of benzene rings is 4. The predicted octanol–water partition coefficient (Wildman–Crippen LogP) is 15.0. The van der Waals surface area contributed by atoms with E-state index in [9.17, 15) is 0 Å². The molecule has 4 aliphatic carbocycles. The first kappa shape index (κ1) is 57.6. The average molecular weight is 999 g/mol. The van der Waals surface area contributed by atoms with Gasteiger partial charge in [0.15, 0.2) is 0 Å². The Morgan fingerprint density at radius 1 is 0.561 bits per heavy atom. The minimum atomic E-state index is 0. The van der Waals surface area contributed by atoms with Crippen LogP contribution in [0.4, 0.5) is 0 Å². The van der Waals surface area contributed by atoms with Crippen LogP contribution in [-0.4, -0.2) is 6.41 Å². The van der Waals surface area contributed by atoms with Gasteiger partial charge in [-0.05, 0) is 12.8 Å². The van der Waals surface area contributed by atoms with E-state index in [-0.39, 0.29) is 49.6 Å². The predicted molar refractivity (Wildman–Crippen MR) is 253 cm³/mol. The Morgan fingerprint density at radius 2 is 0.947 bits per heavy atom. The molecule has 0 N–H and O–H groups in total. The second kappa shape index (κ2) is 28.1. The van der Waals surface area contributed by atoms with Crippen molar-refractivity contribution in [1.82, 2.24) is 0 Å². The third-order valence-electron chi connectivity index (χ3n) is 8.59. The molecule has 0 amide bonds. The number of hydrogen-bond acceptors (Lipinski definition) is 0. The fourth-order valence-corrected chi connectivity index (χ4v) is 5.97. The fraction of sp³-hybridized carbons (Fsp3) is 0.333. The summed E-state index contributed by atoms with van der Waals surface area (Å²) in [5.41, 5.74) is 14.5. The van der Waals surface area contributed by atoms with E-state index >= 15 is 0 Å². The van der Waals surface area contributed by atoms with Crippen LogP contribution in [0.3, 0.4) is 0 Å². The molecule has 0 fully saturated rings. The molecule has 0 radical (unpaired) electrons. The summed E-state index contributed by atoms with van der Waals surface area (Å²) in [6.07, 6.45) is 18.2. The molecule has 0 saturated heterocycles. The minimum absolute atomic E-state index is 0. The first-order chi connectivity index (χ1) is 25.0. The molecule has 0 aliphatic heterocycles. The van der Waals surface area contributed by atoms with Crippen molar-refractivity contribution in [3.63, 3.8) is 0 Å². The minimum Gasteiger partial charge on any atom is -0.179 e. The van der Waals surface area contributed by atoms with Crippen LogP contribution in [0.15, 0.2) is 120 Å². The molecule has 4 aromatic rings. The molecule has 57 heavy (non-hydrogen) atoms. The SMILES string of the molecule is CC(C)(C)C1=CC[C-]=C1.CC1[C-]=CC(C(C)(C)C)=C1.C[C](C)=[Zr+2].C[C](C)=[Zr+2].Cl.Cl.Cl.Cl.[c-]1cccc2c1Cc1ccccc1-2.[c-]1cccc2c1Cc1ccccc1-2. The van der Waals surface area contributed by atoms with E-state index in [1.54, 1.807) is 48.5 Å². The van der Waals surface area contributed by atoms with E-state index in [0.29, 0.717) is 16.7 Å². The van der Waals surface area contributed by atoms with Crippen LogP contribution in [-0.2, 0) is 61.3 Å². The summed E-state index contributed by atoms with van der Waals surface area (Å²) in [7, 11) is 0. The topological polar surface area (TPSA) is 0 Å². The van der Waals surface area contributed by atoms with Gasteiger partial charge in [-0.2, -0.15) is 83.0 Å². The second-order valence-corrected chi connectivity index (χ2v) is 21.1. The van der Waals surface area contributed by atoms with Crippen molar-refractivity contribution >= 4 is 56.0 Å². The number of allylic oxidation sites excluding steroid dienone is 8. The molecular weight excluding hydrogens is 937 g/mol. The Bertz CT molecular complexity index is 1770. The zero-order chi connectivity index (χ0) is 39.2. The molecule has 0 nitrogen and oxygen atoms in total. The van der Waals surface area contributed by atoms with Crippen molar-refractivity contribution in [3.05, 3.63) is 167 Å². The van der Waals surface area contributed by atoms with E-state index in [4.69, 9.17) is 0 Å². The van der Waals surface area contributed by atoms with Crippen molar-refractivity contribution in [2.45, 2.75) is 95.4 Å². The molecule has 6 heteroatoms. The van der Waals surface area contributed by atoms with E-state index in [2.05, 4.69) is 198 Å². The first-order valence-corrected chi connectivity index (χ1v) is 21.2. The Morgan fingerprint density at radius 3 is 1.25 bits per heavy atom. The number of fused-ring (bicyclic) bond motifs is 6. The van der Waals surface area contributed by atoms with Gasteiger partial charge in [-0.15, -0.1) is 67.2 Å². The average Bonchev–Trinajstić information content (AvgIpc) is 3.90. The molecule has 0 saturated carbocycles.